The number of amides is 1. The van der Waals surface area contributed by atoms with Gasteiger partial charge in [0.2, 0.25) is 5.88 Å². The van der Waals surface area contributed by atoms with Gasteiger partial charge in [0.15, 0.2) is 0 Å². The lowest BCUT2D eigenvalue weighted by Crippen LogP contribution is -2.51. The molecule has 1 aliphatic heterocycles. The van der Waals surface area contributed by atoms with Crippen LogP contribution in [-0.4, -0.2) is 48.3 Å². The van der Waals surface area contributed by atoms with Crippen molar-refractivity contribution in [3.63, 3.8) is 0 Å². The summed E-state index contributed by atoms with van der Waals surface area (Å²) in [6, 6.07) is 8.73. The second-order valence-corrected chi connectivity index (χ2v) is 5.45. The lowest BCUT2D eigenvalue weighted by Gasteiger charge is -2.32. The highest BCUT2D eigenvalue weighted by atomic mass is 16.5. The number of anilines is 1. The van der Waals surface area contributed by atoms with Gasteiger partial charge in [-0.15, -0.1) is 0 Å². The molecule has 3 rings (SSSR count). The molecule has 126 valence electrons. The SMILES string of the molecule is CNc1cc(C(=O)N[C@@H]2CCOC[C@H]2Oc2ccccn2)ccn1. The molecule has 1 aliphatic rings. The molecule has 1 saturated heterocycles. The molecule has 7 heteroatoms. The molecule has 0 bridgehead atoms. The zero-order valence-corrected chi connectivity index (χ0v) is 13.4. The topological polar surface area (TPSA) is 85.4 Å². The average molecular weight is 328 g/mol. The number of ether oxygens (including phenoxy) is 2. The number of pyridine rings is 2. The summed E-state index contributed by atoms with van der Waals surface area (Å²) >= 11 is 0. The van der Waals surface area contributed by atoms with E-state index in [0.717, 1.165) is 0 Å². The van der Waals surface area contributed by atoms with Gasteiger partial charge in [0.05, 0.1) is 12.6 Å². The van der Waals surface area contributed by atoms with Gasteiger partial charge < -0.3 is 20.1 Å². The molecule has 0 spiro atoms. The van der Waals surface area contributed by atoms with Gasteiger partial charge in [-0.1, -0.05) is 6.07 Å². The minimum Gasteiger partial charge on any atom is -0.470 e. The van der Waals surface area contributed by atoms with Crippen LogP contribution in [0.1, 0.15) is 16.8 Å². The fourth-order valence-electron chi connectivity index (χ4n) is 2.53. The first kappa shape index (κ1) is 16.2. The molecule has 2 aromatic rings. The maximum atomic E-state index is 12.5. The molecule has 0 aromatic carbocycles. The summed E-state index contributed by atoms with van der Waals surface area (Å²) in [6.45, 7) is 1.00. The molecule has 0 saturated carbocycles. The smallest absolute Gasteiger partial charge is 0.251 e. The summed E-state index contributed by atoms with van der Waals surface area (Å²) in [7, 11) is 1.76. The molecule has 2 N–H and O–H groups in total. The fourth-order valence-corrected chi connectivity index (χ4v) is 2.53. The van der Waals surface area contributed by atoms with Gasteiger partial charge in [-0.25, -0.2) is 9.97 Å². The Morgan fingerprint density at radius 1 is 1.29 bits per heavy atom. The molecule has 0 radical (unpaired) electrons. The number of aromatic nitrogens is 2. The van der Waals surface area contributed by atoms with Crippen LogP contribution in [0.15, 0.2) is 42.7 Å². The van der Waals surface area contributed by atoms with E-state index in [0.29, 0.717) is 36.9 Å². The monoisotopic (exact) mass is 328 g/mol. The number of nitrogens with zero attached hydrogens (tertiary/aromatic N) is 2. The Morgan fingerprint density at radius 2 is 2.21 bits per heavy atom. The average Bonchev–Trinajstić information content (AvgIpc) is 2.64. The fraction of sp³-hybridized carbons (Fsp3) is 0.353. The number of hydrogen-bond acceptors (Lipinski definition) is 6. The molecule has 2 atom stereocenters. The van der Waals surface area contributed by atoms with Crippen LogP contribution >= 0.6 is 0 Å². The number of nitrogens with one attached hydrogen (secondary N) is 2. The lowest BCUT2D eigenvalue weighted by molar-refractivity contribution is -0.0152. The molecular formula is C17H20N4O3. The van der Waals surface area contributed by atoms with E-state index in [1.807, 2.05) is 12.1 Å². The van der Waals surface area contributed by atoms with Crippen molar-refractivity contribution >= 4 is 11.7 Å². The van der Waals surface area contributed by atoms with Gasteiger partial charge in [0, 0.05) is 37.7 Å². The van der Waals surface area contributed by atoms with Crippen molar-refractivity contribution in [3.8, 4) is 5.88 Å². The second kappa shape index (κ2) is 7.74. The zero-order chi connectivity index (χ0) is 16.8. The maximum Gasteiger partial charge on any atom is 0.251 e. The summed E-state index contributed by atoms with van der Waals surface area (Å²) < 4.78 is 11.4. The Morgan fingerprint density at radius 3 is 3.00 bits per heavy atom. The number of carbonyl (C=O) groups is 1. The second-order valence-electron chi connectivity index (χ2n) is 5.45. The van der Waals surface area contributed by atoms with E-state index in [1.54, 1.807) is 37.6 Å². The summed E-state index contributed by atoms with van der Waals surface area (Å²) in [5.41, 5.74) is 0.553. The zero-order valence-electron chi connectivity index (χ0n) is 13.4. The van der Waals surface area contributed by atoms with E-state index in [9.17, 15) is 4.79 Å². The van der Waals surface area contributed by atoms with Crippen molar-refractivity contribution in [2.75, 3.05) is 25.6 Å². The maximum absolute atomic E-state index is 12.5. The van der Waals surface area contributed by atoms with Crippen molar-refractivity contribution in [2.45, 2.75) is 18.6 Å². The highest BCUT2D eigenvalue weighted by Gasteiger charge is 2.29. The Kier molecular flexibility index (Phi) is 5.22. The van der Waals surface area contributed by atoms with E-state index in [-0.39, 0.29) is 18.1 Å². The van der Waals surface area contributed by atoms with Crippen molar-refractivity contribution < 1.29 is 14.3 Å². The van der Waals surface area contributed by atoms with E-state index in [1.165, 1.54) is 0 Å². The summed E-state index contributed by atoms with van der Waals surface area (Å²) in [5.74, 6) is 1.01. The van der Waals surface area contributed by atoms with Gasteiger partial charge in [0.1, 0.15) is 11.9 Å². The van der Waals surface area contributed by atoms with Crippen LogP contribution in [0.3, 0.4) is 0 Å². The van der Waals surface area contributed by atoms with Crippen LogP contribution in [0.25, 0.3) is 0 Å². The molecule has 24 heavy (non-hydrogen) atoms. The molecule has 7 nitrogen and oxygen atoms in total. The third-order valence-electron chi connectivity index (χ3n) is 3.81. The van der Waals surface area contributed by atoms with Crippen LogP contribution in [0.5, 0.6) is 5.88 Å². The highest BCUT2D eigenvalue weighted by molar-refractivity contribution is 5.95. The molecule has 3 heterocycles. The van der Waals surface area contributed by atoms with Crippen molar-refractivity contribution in [1.29, 1.82) is 0 Å². The Bertz CT molecular complexity index is 681. The van der Waals surface area contributed by atoms with E-state index in [2.05, 4.69) is 20.6 Å². The molecule has 1 amide bonds. The van der Waals surface area contributed by atoms with Crippen LogP contribution in [0.4, 0.5) is 5.82 Å². The van der Waals surface area contributed by atoms with E-state index in [4.69, 9.17) is 9.47 Å². The van der Waals surface area contributed by atoms with Crippen molar-refractivity contribution in [2.24, 2.45) is 0 Å². The minimum absolute atomic E-state index is 0.139. The number of hydrogen-bond donors (Lipinski definition) is 2. The molecule has 0 unspecified atom stereocenters. The number of rotatable bonds is 5. The Balaban J connectivity index is 1.67. The predicted molar refractivity (Wildman–Crippen MR) is 89.1 cm³/mol. The first-order valence-corrected chi connectivity index (χ1v) is 7.86. The Labute approximate surface area is 140 Å². The quantitative estimate of drug-likeness (QED) is 0.865. The standard InChI is InChI=1S/C17H20N4O3/c1-18-15-10-12(5-8-19-15)17(22)21-13-6-9-23-11-14(13)24-16-4-2-3-7-20-16/h2-5,7-8,10,13-14H,6,9,11H2,1H3,(H,18,19)(H,21,22)/t13-,14-/m1/s1. The first-order valence-electron chi connectivity index (χ1n) is 7.86. The van der Waals surface area contributed by atoms with Crippen LogP contribution in [-0.2, 0) is 4.74 Å². The van der Waals surface area contributed by atoms with Gasteiger partial charge in [-0.05, 0) is 24.6 Å². The third kappa shape index (κ3) is 3.99. The van der Waals surface area contributed by atoms with Crippen LogP contribution < -0.4 is 15.4 Å². The van der Waals surface area contributed by atoms with Crippen molar-refractivity contribution in [1.82, 2.24) is 15.3 Å². The van der Waals surface area contributed by atoms with E-state index >= 15 is 0 Å². The molecular weight excluding hydrogens is 308 g/mol. The third-order valence-corrected chi connectivity index (χ3v) is 3.81. The molecule has 1 fully saturated rings. The van der Waals surface area contributed by atoms with Gasteiger partial charge in [0.25, 0.3) is 5.91 Å². The van der Waals surface area contributed by atoms with Gasteiger partial charge in [-0.3, -0.25) is 4.79 Å². The van der Waals surface area contributed by atoms with Crippen LogP contribution in [0.2, 0.25) is 0 Å². The van der Waals surface area contributed by atoms with Crippen molar-refractivity contribution in [3.05, 3.63) is 48.3 Å². The van der Waals surface area contributed by atoms with E-state index < -0.39 is 0 Å². The Hall–Kier alpha value is -2.67. The normalized spacial score (nSPS) is 20.2. The van der Waals surface area contributed by atoms with Gasteiger partial charge in [-0.2, -0.15) is 0 Å². The summed E-state index contributed by atoms with van der Waals surface area (Å²) in [6.07, 6.45) is 3.69. The predicted octanol–water partition coefficient (Wildman–Crippen LogP) is 1.48. The summed E-state index contributed by atoms with van der Waals surface area (Å²) in [4.78, 5) is 20.8. The van der Waals surface area contributed by atoms with Crippen LogP contribution in [0, 0.1) is 0 Å². The summed E-state index contributed by atoms with van der Waals surface area (Å²) in [5, 5.41) is 5.95. The van der Waals surface area contributed by atoms with Gasteiger partial charge >= 0.3 is 0 Å². The molecule has 2 aromatic heterocycles. The highest BCUT2D eigenvalue weighted by Crippen LogP contribution is 2.16. The first-order chi connectivity index (χ1) is 11.8. The minimum atomic E-state index is -0.275. The largest absolute Gasteiger partial charge is 0.470 e. The lowest BCUT2D eigenvalue weighted by atomic mass is 10.1. The molecule has 0 aliphatic carbocycles. The number of carbonyl (C=O) groups excluding carboxylic acids is 1.